The van der Waals surface area contributed by atoms with E-state index in [1.807, 2.05) is 6.07 Å². The number of nitrogens with one attached hydrogen (secondary N) is 2. The Bertz CT molecular complexity index is 625. The lowest BCUT2D eigenvalue weighted by Crippen LogP contribution is -3.27. The van der Waals surface area contributed by atoms with Crippen molar-refractivity contribution in [2.24, 2.45) is 0 Å². The molecule has 1 aliphatic rings. The molecule has 0 saturated carbocycles. The molecule has 1 saturated heterocycles. The number of rotatable bonds is 5. The molecule has 0 aromatic heterocycles. The molecule has 3 rings (SSSR count). The number of hydrogen-bond acceptors (Lipinski definition) is 1. The zero-order valence-electron chi connectivity index (χ0n) is 13.6. The van der Waals surface area contributed by atoms with E-state index in [4.69, 9.17) is 4.74 Å². The molecule has 2 aromatic rings. The van der Waals surface area contributed by atoms with Crippen molar-refractivity contribution in [3.05, 3.63) is 64.1 Å². The highest BCUT2D eigenvalue weighted by molar-refractivity contribution is 9.10. The quantitative estimate of drug-likeness (QED) is 0.794. The molecule has 2 N–H and O–H groups in total. The maximum Gasteiger partial charge on any atom is 0.127 e. The summed E-state index contributed by atoms with van der Waals surface area (Å²) in [5, 5.41) is 0. The minimum absolute atomic E-state index is 1.000. The largest absolute Gasteiger partial charge is 0.496 e. The summed E-state index contributed by atoms with van der Waals surface area (Å²) in [7, 11) is 1.75. The van der Waals surface area contributed by atoms with Gasteiger partial charge in [0.05, 0.1) is 7.11 Å². The molecule has 3 nitrogen and oxygen atoms in total. The first-order chi connectivity index (χ1) is 11.2. The van der Waals surface area contributed by atoms with E-state index in [0.717, 1.165) is 23.3 Å². The molecule has 1 aliphatic heterocycles. The first kappa shape index (κ1) is 16.5. The van der Waals surface area contributed by atoms with Crippen molar-refractivity contribution in [2.75, 3.05) is 33.3 Å². The monoisotopic (exact) mass is 376 g/mol. The van der Waals surface area contributed by atoms with Gasteiger partial charge in [-0.3, -0.25) is 0 Å². The number of benzene rings is 2. The molecular formula is C19H25BrN2O+2. The number of ether oxygens (including phenoxy) is 1. The van der Waals surface area contributed by atoms with Crippen LogP contribution in [0, 0.1) is 0 Å². The Morgan fingerprint density at radius 2 is 1.57 bits per heavy atom. The summed E-state index contributed by atoms with van der Waals surface area (Å²) in [6, 6.07) is 17.1. The smallest absolute Gasteiger partial charge is 0.127 e. The van der Waals surface area contributed by atoms with Crippen LogP contribution in [0.25, 0.3) is 0 Å². The van der Waals surface area contributed by atoms with E-state index in [1.54, 1.807) is 16.9 Å². The first-order valence-corrected chi connectivity index (χ1v) is 9.07. The van der Waals surface area contributed by atoms with Gasteiger partial charge in [0.1, 0.15) is 45.0 Å². The van der Waals surface area contributed by atoms with Crippen molar-refractivity contribution in [3.63, 3.8) is 0 Å². The van der Waals surface area contributed by atoms with Gasteiger partial charge in [0.25, 0.3) is 0 Å². The highest BCUT2D eigenvalue weighted by Crippen LogP contribution is 2.22. The van der Waals surface area contributed by atoms with Crippen molar-refractivity contribution in [3.8, 4) is 5.75 Å². The Morgan fingerprint density at radius 3 is 2.22 bits per heavy atom. The third-order valence-electron chi connectivity index (χ3n) is 4.64. The van der Waals surface area contributed by atoms with Crippen molar-refractivity contribution in [1.29, 1.82) is 0 Å². The van der Waals surface area contributed by atoms with Gasteiger partial charge in [-0.2, -0.15) is 0 Å². The maximum absolute atomic E-state index is 5.50. The fourth-order valence-corrected chi connectivity index (χ4v) is 3.76. The van der Waals surface area contributed by atoms with Gasteiger partial charge < -0.3 is 14.5 Å². The molecule has 1 fully saturated rings. The van der Waals surface area contributed by atoms with Crippen LogP contribution in [0.2, 0.25) is 0 Å². The van der Waals surface area contributed by atoms with Gasteiger partial charge in [-0.15, -0.1) is 0 Å². The molecule has 1 heterocycles. The van der Waals surface area contributed by atoms with Crippen LogP contribution in [0.4, 0.5) is 0 Å². The van der Waals surface area contributed by atoms with Gasteiger partial charge in [-0.25, -0.2) is 0 Å². The van der Waals surface area contributed by atoms with E-state index >= 15 is 0 Å². The predicted molar refractivity (Wildman–Crippen MR) is 95.9 cm³/mol. The predicted octanol–water partition coefficient (Wildman–Crippen LogP) is 0.941. The van der Waals surface area contributed by atoms with Gasteiger partial charge in [-0.05, 0) is 18.2 Å². The van der Waals surface area contributed by atoms with Crippen molar-refractivity contribution in [2.45, 2.75) is 13.1 Å². The SMILES string of the molecule is COc1ccc(Br)cc1C[NH+]1CC[NH+](Cc2ccccc2)CC1. The number of piperazine rings is 1. The second-order valence-corrected chi connectivity index (χ2v) is 7.21. The normalized spacial score (nSPS) is 21.1. The van der Waals surface area contributed by atoms with Gasteiger partial charge in [0, 0.05) is 15.6 Å². The summed E-state index contributed by atoms with van der Waals surface area (Å²) in [6.07, 6.45) is 0. The van der Waals surface area contributed by atoms with Crippen LogP contribution in [0.15, 0.2) is 53.0 Å². The van der Waals surface area contributed by atoms with Crippen LogP contribution in [0.1, 0.15) is 11.1 Å². The molecule has 122 valence electrons. The van der Waals surface area contributed by atoms with E-state index in [-0.39, 0.29) is 0 Å². The topological polar surface area (TPSA) is 18.1 Å². The molecule has 23 heavy (non-hydrogen) atoms. The van der Waals surface area contributed by atoms with Crippen LogP contribution < -0.4 is 14.5 Å². The average Bonchev–Trinajstić information content (AvgIpc) is 2.58. The molecule has 4 heteroatoms. The zero-order valence-corrected chi connectivity index (χ0v) is 15.2. The van der Waals surface area contributed by atoms with Crippen LogP contribution in [0.3, 0.4) is 0 Å². The van der Waals surface area contributed by atoms with Gasteiger partial charge >= 0.3 is 0 Å². The summed E-state index contributed by atoms with van der Waals surface area (Å²) in [5.74, 6) is 1.000. The Balaban J connectivity index is 1.54. The molecule has 2 aromatic carbocycles. The molecule has 0 unspecified atom stereocenters. The summed E-state index contributed by atoms with van der Waals surface area (Å²) < 4.78 is 6.63. The summed E-state index contributed by atoms with van der Waals surface area (Å²) in [6.45, 7) is 7.10. The maximum atomic E-state index is 5.50. The Kier molecular flexibility index (Phi) is 5.70. The van der Waals surface area contributed by atoms with Crippen molar-refractivity contribution >= 4 is 15.9 Å². The number of hydrogen-bond donors (Lipinski definition) is 2. The first-order valence-electron chi connectivity index (χ1n) is 8.28. The molecule has 0 amide bonds. The molecule has 0 bridgehead atoms. The molecule has 0 radical (unpaired) electrons. The van der Waals surface area contributed by atoms with Gasteiger partial charge in [-0.1, -0.05) is 46.3 Å². The standard InChI is InChI=1S/C19H23BrN2O/c1-23-19-8-7-18(20)13-17(19)15-22-11-9-21(10-12-22)14-16-5-3-2-4-6-16/h2-8,13H,9-12,14-15H2,1H3/p+2. The van der Waals surface area contributed by atoms with E-state index in [0.29, 0.717) is 0 Å². The zero-order chi connectivity index (χ0) is 16.1. The Hall–Kier alpha value is -1.36. The molecule has 0 aliphatic carbocycles. The lowest BCUT2D eigenvalue weighted by molar-refractivity contribution is -1.02. The number of halogens is 1. The Labute approximate surface area is 147 Å². The summed E-state index contributed by atoms with van der Waals surface area (Å²) in [4.78, 5) is 3.35. The van der Waals surface area contributed by atoms with Crippen LogP contribution >= 0.6 is 15.9 Å². The second kappa shape index (κ2) is 7.95. The average molecular weight is 377 g/mol. The van der Waals surface area contributed by atoms with E-state index < -0.39 is 0 Å². The second-order valence-electron chi connectivity index (χ2n) is 6.30. The van der Waals surface area contributed by atoms with E-state index in [1.165, 1.54) is 37.3 Å². The van der Waals surface area contributed by atoms with Crippen LogP contribution in [-0.4, -0.2) is 33.3 Å². The molecular weight excluding hydrogens is 352 g/mol. The molecule has 0 atom stereocenters. The summed E-state index contributed by atoms with van der Waals surface area (Å²) in [5.41, 5.74) is 2.74. The van der Waals surface area contributed by atoms with E-state index in [9.17, 15) is 0 Å². The number of quaternary nitrogens is 2. The van der Waals surface area contributed by atoms with Crippen molar-refractivity contribution < 1.29 is 14.5 Å². The fraction of sp³-hybridized carbons (Fsp3) is 0.368. The fourth-order valence-electron chi connectivity index (χ4n) is 3.35. The van der Waals surface area contributed by atoms with Gasteiger partial charge in [0.15, 0.2) is 0 Å². The summed E-state index contributed by atoms with van der Waals surface area (Å²) >= 11 is 3.57. The number of methoxy groups -OCH3 is 1. The lowest BCUT2D eigenvalue weighted by atomic mass is 10.1. The van der Waals surface area contributed by atoms with E-state index in [2.05, 4.69) is 58.4 Å². The minimum Gasteiger partial charge on any atom is -0.496 e. The third-order valence-corrected chi connectivity index (χ3v) is 5.14. The third kappa shape index (κ3) is 4.56. The highest BCUT2D eigenvalue weighted by atomic mass is 79.9. The lowest BCUT2D eigenvalue weighted by Gasteiger charge is -2.30. The highest BCUT2D eigenvalue weighted by Gasteiger charge is 2.24. The Morgan fingerprint density at radius 1 is 0.913 bits per heavy atom. The van der Waals surface area contributed by atoms with Crippen molar-refractivity contribution in [1.82, 2.24) is 0 Å². The molecule has 0 spiro atoms. The van der Waals surface area contributed by atoms with Gasteiger partial charge in [0.2, 0.25) is 0 Å². The van der Waals surface area contributed by atoms with Crippen LogP contribution in [-0.2, 0) is 13.1 Å². The minimum atomic E-state index is 1.000. The van der Waals surface area contributed by atoms with Crippen LogP contribution in [0.5, 0.6) is 5.75 Å².